The van der Waals surface area contributed by atoms with E-state index in [-0.39, 0.29) is 11.8 Å². The van der Waals surface area contributed by atoms with Gasteiger partial charge in [0, 0.05) is 25.6 Å². The van der Waals surface area contributed by atoms with Gasteiger partial charge in [-0.2, -0.15) is 0 Å². The molecule has 116 valence electrons. The number of benzene rings is 1. The molecular formula is C17H20N2O3. The molecule has 2 aliphatic heterocycles. The number of anilines is 1. The molecule has 0 aliphatic carbocycles. The van der Waals surface area contributed by atoms with Crippen LogP contribution in [-0.4, -0.2) is 37.6 Å². The molecule has 1 aromatic rings. The van der Waals surface area contributed by atoms with Crippen molar-refractivity contribution < 1.29 is 14.3 Å². The average Bonchev–Trinajstić information content (AvgIpc) is 2.93. The van der Waals surface area contributed by atoms with E-state index in [4.69, 9.17) is 4.74 Å². The summed E-state index contributed by atoms with van der Waals surface area (Å²) in [5.41, 5.74) is 2.97. The predicted octanol–water partition coefficient (Wildman–Crippen LogP) is 1.43. The zero-order chi connectivity index (χ0) is 15.5. The van der Waals surface area contributed by atoms with Gasteiger partial charge in [-0.1, -0.05) is 24.3 Å². The van der Waals surface area contributed by atoms with E-state index in [1.807, 2.05) is 24.3 Å². The van der Waals surface area contributed by atoms with Crippen molar-refractivity contribution in [1.29, 1.82) is 0 Å². The van der Waals surface area contributed by atoms with Crippen molar-refractivity contribution in [3.05, 3.63) is 41.5 Å². The van der Waals surface area contributed by atoms with Crippen LogP contribution in [0.1, 0.15) is 18.9 Å². The summed E-state index contributed by atoms with van der Waals surface area (Å²) in [5, 5.41) is 2.93. The lowest BCUT2D eigenvalue weighted by atomic mass is 10.1. The van der Waals surface area contributed by atoms with Gasteiger partial charge in [0.05, 0.1) is 13.2 Å². The Balaban J connectivity index is 1.70. The lowest BCUT2D eigenvalue weighted by Crippen LogP contribution is -2.48. The molecule has 0 spiro atoms. The van der Waals surface area contributed by atoms with E-state index >= 15 is 0 Å². The first kappa shape index (κ1) is 14.8. The lowest BCUT2D eigenvalue weighted by molar-refractivity contribution is -0.125. The van der Waals surface area contributed by atoms with Crippen molar-refractivity contribution in [3.63, 3.8) is 0 Å². The van der Waals surface area contributed by atoms with Crippen LogP contribution in [0.15, 0.2) is 35.9 Å². The highest BCUT2D eigenvalue weighted by atomic mass is 16.5. The molecule has 0 aromatic heterocycles. The van der Waals surface area contributed by atoms with Crippen LogP contribution in [0.5, 0.6) is 0 Å². The molecule has 0 bridgehead atoms. The molecule has 0 unspecified atom stereocenters. The standard InChI is InChI=1S/C17H20N2O3/c1-12(20)19-15-7-3-2-6-14(15)9-16(19)17(21)18-10-13-5-4-8-22-11-13/h2-3,5-7,16H,4,8-11H2,1H3,(H,18,21)/t16-/m0/s1. The van der Waals surface area contributed by atoms with Crippen LogP contribution < -0.4 is 10.2 Å². The molecule has 0 radical (unpaired) electrons. The second kappa shape index (κ2) is 6.32. The summed E-state index contributed by atoms with van der Waals surface area (Å²) in [7, 11) is 0. The molecule has 0 saturated carbocycles. The van der Waals surface area contributed by atoms with Crippen molar-refractivity contribution >= 4 is 17.5 Å². The second-order valence-corrected chi connectivity index (χ2v) is 5.66. The Morgan fingerprint density at radius 1 is 1.36 bits per heavy atom. The third-order valence-electron chi connectivity index (χ3n) is 4.09. The van der Waals surface area contributed by atoms with Crippen molar-refractivity contribution in [1.82, 2.24) is 5.32 Å². The Morgan fingerprint density at radius 2 is 2.18 bits per heavy atom. The molecule has 0 saturated heterocycles. The van der Waals surface area contributed by atoms with E-state index in [0.29, 0.717) is 19.6 Å². The van der Waals surface area contributed by atoms with Gasteiger partial charge in [0.2, 0.25) is 11.8 Å². The summed E-state index contributed by atoms with van der Waals surface area (Å²) in [4.78, 5) is 26.0. The average molecular weight is 300 g/mol. The largest absolute Gasteiger partial charge is 0.377 e. The lowest BCUT2D eigenvalue weighted by Gasteiger charge is -2.24. The fourth-order valence-electron chi connectivity index (χ4n) is 3.04. The van der Waals surface area contributed by atoms with Crippen LogP contribution in [0, 0.1) is 0 Å². The number of carbonyl (C=O) groups excluding carboxylic acids is 2. The number of hydrogen-bond donors (Lipinski definition) is 1. The highest BCUT2D eigenvalue weighted by Crippen LogP contribution is 2.32. The van der Waals surface area contributed by atoms with E-state index in [2.05, 4.69) is 11.4 Å². The van der Waals surface area contributed by atoms with E-state index < -0.39 is 6.04 Å². The van der Waals surface area contributed by atoms with Gasteiger partial charge in [-0.05, 0) is 23.6 Å². The third kappa shape index (κ3) is 2.90. The highest BCUT2D eigenvalue weighted by Gasteiger charge is 2.36. The first-order chi connectivity index (χ1) is 10.7. The molecule has 0 fully saturated rings. The van der Waals surface area contributed by atoms with Crippen LogP contribution in [0.2, 0.25) is 0 Å². The van der Waals surface area contributed by atoms with Gasteiger partial charge in [0.15, 0.2) is 0 Å². The van der Waals surface area contributed by atoms with Crippen molar-refractivity contribution in [2.45, 2.75) is 25.8 Å². The van der Waals surface area contributed by atoms with Gasteiger partial charge >= 0.3 is 0 Å². The van der Waals surface area contributed by atoms with Gasteiger partial charge < -0.3 is 10.1 Å². The molecule has 1 atom stereocenters. The molecule has 3 rings (SSSR count). The van der Waals surface area contributed by atoms with Gasteiger partial charge in [-0.25, -0.2) is 0 Å². The molecule has 22 heavy (non-hydrogen) atoms. The van der Waals surface area contributed by atoms with E-state index in [0.717, 1.165) is 29.9 Å². The first-order valence-electron chi connectivity index (χ1n) is 7.58. The summed E-state index contributed by atoms with van der Waals surface area (Å²) in [5.74, 6) is -0.219. The molecule has 2 aliphatic rings. The van der Waals surface area contributed by atoms with Crippen molar-refractivity contribution in [2.24, 2.45) is 0 Å². The van der Waals surface area contributed by atoms with Crippen molar-refractivity contribution in [2.75, 3.05) is 24.7 Å². The third-order valence-corrected chi connectivity index (χ3v) is 4.09. The smallest absolute Gasteiger partial charge is 0.243 e. The zero-order valence-electron chi connectivity index (χ0n) is 12.7. The normalized spacial score (nSPS) is 20.3. The Hall–Kier alpha value is -2.14. The minimum atomic E-state index is -0.458. The molecule has 5 nitrogen and oxygen atoms in total. The van der Waals surface area contributed by atoms with Crippen LogP contribution in [0.3, 0.4) is 0 Å². The molecule has 2 amide bonds. The minimum absolute atomic E-state index is 0.106. The molecule has 1 N–H and O–H groups in total. The summed E-state index contributed by atoms with van der Waals surface area (Å²) in [6.45, 7) is 3.30. The number of rotatable bonds is 3. The maximum atomic E-state index is 12.5. The van der Waals surface area contributed by atoms with E-state index in [1.165, 1.54) is 6.92 Å². The Labute approximate surface area is 129 Å². The van der Waals surface area contributed by atoms with Crippen LogP contribution >= 0.6 is 0 Å². The SMILES string of the molecule is CC(=O)N1c2ccccc2C[C@H]1C(=O)NCC1=CCCOC1. The second-order valence-electron chi connectivity index (χ2n) is 5.66. The number of carbonyl (C=O) groups is 2. The Kier molecular flexibility index (Phi) is 4.24. The summed E-state index contributed by atoms with van der Waals surface area (Å²) < 4.78 is 5.37. The van der Waals surface area contributed by atoms with Crippen LogP contribution in [-0.2, 0) is 20.7 Å². The zero-order valence-corrected chi connectivity index (χ0v) is 12.7. The fourth-order valence-corrected chi connectivity index (χ4v) is 3.04. The van der Waals surface area contributed by atoms with Crippen LogP contribution in [0.25, 0.3) is 0 Å². The number of para-hydroxylation sites is 1. The van der Waals surface area contributed by atoms with E-state index in [9.17, 15) is 9.59 Å². The van der Waals surface area contributed by atoms with Crippen molar-refractivity contribution in [3.8, 4) is 0 Å². The Morgan fingerprint density at radius 3 is 2.91 bits per heavy atom. The minimum Gasteiger partial charge on any atom is -0.377 e. The molecular weight excluding hydrogens is 280 g/mol. The highest BCUT2D eigenvalue weighted by molar-refractivity contribution is 6.02. The maximum absolute atomic E-state index is 12.5. The number of hydrogen-bond acceptors (Lipinski definition) is 3. The van der Waals surface area contributed by atoms with Gasteiger partial charge in [-0.15, -0.1) is 0 Å². The molecule has 1 aromatic carbocycles. The predicted molar refractivity (Wildman–Crippen MR) is 83.6 cm³/mol. The number of amides is 2. The van der Waals surface area contributed by atoms with Crippen LogP contribution in [0.4, 0.5) is 5.69 Å². The quantitative estimate of drug-likeness (QED) is 0.859. The monoisotopic (exact) mass is 300 g/mol. The summed E-state index contributed by atoms with van der Waals surface area (Å²) >= 11 is 0. The number of fused-ring (bicyclic) bond motifs is 1. The topological polar surface area (TPSA) is 58.6 Å². The molecule has 5 heteroatoms. The summed E-state index contributed by atoms with van der Waals surface area (Å²) in [6.07, 6.45) is 3.56. The van der Waals surface area contributed by atoms with E-state index in [1.54, 1.807) is 4.90 Å². The van der Waals surface area contributed by atoms with Gasteiger partial charge in [0.1, 0.15) is 6.04 Å². The number of ether oxygens (including phenoxy) is 1. The van der Waals surface area contributed by atoms with Gasteiger partial charge in [-0.3, -0.25) is 14.5 Å². The summed E-state index contributed by atoms with van der Waals surface area (Å²) in [6, 6.07) is 7.22. The maximum Gasteiger partial charge on any atom is 0.243 e. The fraction of sp³-hybridized carbons (Fsp3) is 0.412. The number of nitrogens with zero attached hydrogens (tertiary/aromatic N) is 1. The Bertz CT molecular complexity index is 624. The number of nitrogens with one attached hydrogen (secondary N) is 1. The first-order valence-corrected chi connectivity index (χ1v) is 7.58. The van der Waals surface area contributed by atoms with Gasteiger partial charge in [0.25, 0.3) is 0 Å². The molecule has 2 heterocycles.